The highest BCUT2D eigenvalue weighted by Gasteiger charge is 2.21. The summed E-state index contributed by atoms with van der Waals surface area (Å²) in [5, 5.41) is 39.8. The summed E-state index contributed by atoms with van der Waals surface area (Å²) in [6.07, 6.45) is 86.4. The fourth-order valence-electron chi connectivity index (χ4n) is 17.9. The van der Waals surface area contributed by atoms with E-state index in [4.69, 9.17) is 28.4 Å². The van der Waals surface area contributed by atoms with E-state index in [2.05, 4.69) is 184 Å². The Morgan fingerprint density at radius 2 is 0.426 bits per heavy atom. The largest absolute Gasteiger partial charge is 0.493 e. The van der Waals surface area contributed by atoms with Crippen LogP contribution in [-0.2, 0) is 13.1 Å². The molecule has 0 aliphatic heterocycles. The Labute approximate surface area is 829 Å². The number of benzene rings is 5. The third-order valence-corrected chi connectivity index (χ3v) is 26.6. The van der Waals surface area contributed by atoms with Crippen LogP contribution in [0.25, 0.3) is 24.3 Å². The van der Waals surface area contributed by atoms with Gasteiger partial charge in [0, 0.05) is 82.9 Å². The molecule has 746 valence electrons. The lowest BCUT2D eigenvalue weighted by atomic mass is 9.80. The third kappa shape index (κ3) is 51.1. The predicted octanol–water partition coefficient (Wildman–Crippen LogP) is 30.7. The van der Waals surface area contributed by atoms with Crippen molar-refractivity contribution in [1.29, 1.82) is 0 Å². The van der Waals surface area contributed by atoms with Crippen molar-refractivity contribution < 1.29 is 57.7 Å². The van der Waals surface area contributed by atoms with E-state index in [1.54, 1.807) is 24.3 Å². The number of unbranched alkanes of at least 4 members (excludes halogenated alkanes) is 54. The maximum atomic E-state index is 9.95. The average molecular weight is 1860 g/mol. The molecule has 5 aromatic carbocycles. The molecule has 0 spiro atoms. The van der Waals surface area contributed by atoms with Gasteiger partial charge in [-0.05, 0) is 85.9 Å². The van der Waals surface area contributed by atoms with Crippen molar-refractivity contribution in [3.8, 4) is 58.2 Å². The van der Waals surface area contributed by atoms with Gasteiger partial charge in [0.1, 0.15) is 34.5 Å². The predicted molar refractivity (Wildman–Crippen MR) is 577 cm³/mol. The van der Waals surface area contributed by atoms with Gasteiger partial charge < -0.3 is 48.5 Å². The molecular formula is C122H184B2N2O10+2. The van der Waals surface area contributed by atoms with E-state index in [0.717, 1.165) is 144 Å². The normalized spacial score (nSPS) is 11.4. The molecule has 12 nitrogen and oxygen atoms in total. The van der Waals surface area contributed by atoms with Gasteiger partial charge in [-0.25, -0.2) is 0 Å². The summed E-state index contributed by atoms with van der Waals surface area (Å²) < 4.78 is 47.0. The van der Waals surface area contributed by atoms with E-state index < -0.39 is 14.2 Å². The zero-order chi connectivity index (χ0) is 96.2. The molecule has 0 amide bonds. The minimum Gasteiger partial charge on any atom is -0.493 e. The van der Waals surface area contributed by atoms with Crippen LogP contribution in [0.4, 0.5) is 0 Å². The van der Waals surface area contributed by atoms with Crippen molar-refractivity contribution in [2.24, 2.45) is 0 Å². The third-order valence-electron chi connectivity index (χ3n) is 26.6. The van der Waals surface area contributed by atoms with E-state index in [-0.39, 0.29) is 0 Å². The zero-order valence-corrected chi connectivity index (χ0v) is 86.4. The first kappa shape index (κ1) is 115. The second-order valence-corrected chi connectivity index (χ2v) is 38.7. The maximum absolute atomic E-state index is 9.95. The van der Waals surface area contributed by atoms with Gasteiger partial charge in [-0.15, -0.1) is 0 Å². The molecule has 0 unspecified atom stereocenters. The van der Waals surface area contributed by atoms with E-state index >= 15 is 0 Å². The number of nitrogens with zero attached hydrogens (tertiary/aromatic N) is 2. The van der Waals surface area contributed by atoms with Crippen LogP contribution in [0.2, 0.25) is 0 Å². The van der Waals surface area contributed by atoms with Crippen LogP contribution >= 0.6 is 0 Å². The average Bonchev–Trinajstić information content (AvgIpc) is 0.806. The van der Waals surface area contributed by atoms with Gasteiger partial charge in [-0.3, -0.25) is 0 Å². The molecule has 136 heavy (non-hydrogen) atoms. The molecule has 0 aliphatic rings. The van der Waals surface area contributed by atoms with Gasteiger partial charge >= 0.3 is 14.2 Å². The fraction of sp³-hybridized carbons (Fsp3) is 0.607. The number of hydrogen-bond donors (Lipinski definition) is 4. The molecule has 14 heteroatoms. The first-order valence-corrected chi connectivity index (χ1v) is 55.6. The van der Waals surface area contributed by atoms with Crippen LogP contribution in [0.15, 0.2) is 134 Å². The number of pyridine rings is 2. The van der Waals surface area contributed by atoms with Crippen LogP contribution in [0.1, 0.15) is 483 Å². The zero-order valence-electron chi connectivity index (χ0n) is 86.4. The molecule has 0 radical (unpaired) electrons. The standard InChI is InChI=1S/C122H184B2N2O10/c1-7-13-19-25-31-37-43-49-55-65-91-131-117-97-108(78-80-110-100-122(136-96-70-60-54-48-42-36-30-24-18-12-6)112(102-120(110)134-94-68-58-52-46-40-34-28-22-16-10-4)82-88-116-72-62-64-90-126(116)104-106-75-85-114(86-76-106)124(129)130)118(132-92-66-56-50-44-38-32-26-20-14-8-2)98-107(117)77-79-109-99-121(135-95-69-59-53-47-41-35-29-23-17-11-5)111(101-119(109)133-93-67-57-51-45-39-33-27-21-15-9-3)81-87-115-71-61-63-89-125(115)103-105-73-83-113(84-74-105)123(127)128/h61-64,71-76,81-90,97-102,127-130H,7-60,65-70,91-96,103-104H2,1-6H3/q+2/b87-81+,88-82+. The molecule has 4 N–H and O–H groups in total. The number of hydrogen-bond acceptors (Lipinski definition) is 10. The molecule has 0 aliphatic carbocycles. The summed E-state index contributed by atoms with van der Waals surface area (Å²) in [5.74, 6) is 19.3. The highest BCUT2D eigenvalue weighted by atomic mass is 16.5. The SMILES string of the molecule is CCCCCCCCCCCCOc1cc(C#Cc2cc(OCCCCCCCCCCCC)c(/C=C/c3cccc[n+]3Cc3ccc(B(O)O)cc3)cc2OCCCCCCCCCCCC)c(OCCCCCCCCCCCC)cc1C#Cc1cc(OCCCCCCCCCCCC)c(/C=C/c2cccc[n+]2Cc2ccc(B(O)O)cc2)cc1OCCCCCCCCCCCC. The molecule has 2 heterocycles. The number of aromatic nitrogens is 2. The van der Waals surface area contributed by atoms with Crippen molar-refractivity contribution in [1.82, 2.24) is 0 Å². The van der Waals surface area contributed by atoms with E-state index in [1.165, 1.54) is 308 Å². The van der Waals surface area contributed by atoms with Crippen molar-refractivity contribution in [3.63, 3.8) is 0 Å². The number of ether oxygens (including phenoxy) is 6. The van der Waals surface area contributed by atoms with Gasteiger partial charge in [0.05, 0.1) is 61.9 Å². The van der Waals surface area contributed by atoms with Crippen molar-refractivity contribution >= 4 is 49.5 Å². The molecule has 0 bridgehead atoms. The minimum absolute atomic E-state index is 0.462. The van der Waals surface area contributed by atoms with Crippen molar-refractivity contribution in [3.05, 3.63) is 190 Å². The van der Waals surface area contributed by atoms with E-state index in [1.807, 2.05) is 24.3 Å². The summed E-state index contributed by atoms with van der Waals surface area (Å²) in [4.78, 5) is 0. The maximum Gasteiger partial charge on any atom is 0.488 e. The Kier molecular flexibility index (Phi) is 64.7. The summed E-state index contributed by atoms with van der Waals surface area (Å²) in [7, 11) is -3.05. The van der Waals surface area contributed by atoms with E-state index in [9.17, 15) is 20.1 Å². The Bertz CT molecular complexity index is 4120. The summed E-state index contributed by atoms with van der Waals surface area (Å²) >= 11 is 0. The molecule has 0 saturated carbocycles. The fourth-order valence-corrected chi connectivity index (χ4v) is 17.9. The topological polar surface area (TPSA) is 144 Å². The molecular weight excluding hydrogens is 1670 g/mol. The van der Waals surface area contributed by atoms with Crippen molar-refractivity contribution in [2.75, 3.05) is 39.6 Å². The highest BCUT2D eigenvalue weighted by molar-refractivity contribution is 6.58. The lowest BCUT2D eigenvalue weighted by Crippen LogP contribution is -2.37. The first-order valence-electron chi connectivity index (χ1n) is 55.6. The van der Waals surface area contributed by atoms with Crippen LogP contribution in [-0.4, -0.2) is 74.0 Å². The monoisotopic (exact) mass is 1860 g/mol. The molecule has 2 aromatic heterocycles. The van der Waals surface area contributed by atoms with Crippen LogP contribution in [0.5, 0.6) is 34.5 Å². The van der Waals surface area contributed by atoms with Crippen LogP contribution < -0.4 is 48.5 Å². The van der Waals surface area contributed by atoms with Gasteiger partial charge in [0.2, 0.25) is 11.4 Å². The second-order valence-electron chi connectivity index (χ2n) is 38.7. The number of rotatable bonds is 82. The second kappa shape index (κ2) is 76.6. The van der Waals surface area contributed by atoms with Crippen LogP contribution in [0, 0.1) is 23.7 Å². The Hall–Kier alpha value is -8.23. The van der Waals surface area contributed by atoms with Gasteiger partial charge in [0.25, 0.3) is 0 Å². The summed E-state index contributed by atoms with van der Waals surface area (Å²) in [5.41, 5.74) is 9.77. The molecule has 0 saturated heterocycles. The molecule has 0 fully saturated rings. The summed E-state index contributed by atoms with van der Waals surface area (Å²) in [6, 6.07) is 40.2. The van der Waals surface area contributed by atoms with Gasteiger partial charge in [-0.1, -0.05) is 460 Å². The Morgan fingerprint density at radius 3 is 0.647 bits per heavy atom. The van der Waals surface area contributed by atoms with Crippen LogP contribution in [0.3, 0.4) is 0 Å². The Balaban J connectivity index is 1.38. The quantitative estimate of drug-likeness (QED) is 0.0126. The smallest absolute Gasteiger partial charge is 0.488 e. The Morgan fingerprint density at radius 1 is 0.228 bits per heavy atom. The van der Waals surface area contributed by atoms with Gasteiger partial charge in [-0.2, -0.15) is 9.13 Å². The molecule has 7 aromatic rings. The van der Waals surface area contributed by atoms with Crippen molar-refractivity contribution in [2.45, 2.75) is 440 Å². The highest BCUT2D eigenvalue weighted by Crippen LogP contribution is 2.36. The van der Waals surface area contributed by atoms with E-state index in [0.29, 0.717) is 86.7 Å². The molecule has 7 rings (SSSR count). The summed E-state index contributed by atoms with van der Waals surface area (Å²) in [6.45, 7) is 18.2. The minimum atomic E-state index is -1.53. The first-order chi connectivity index (χ1) is 67.0. The van der Waals surface area contributed by atoms with Gasteiger partial charge in [0.15, 0.2) is 25.5 Å². The lowest BCUT2D eigenvalue weighted by molar-refractivity contribution is -0.690. The molecule has 0 atom stereocenters. The lowest BCUT2D eigenvalue weighted by Gasteiger charge is -2.16.